The van der Waals surface area contributed by atoms with Crippen LogP contribution in [0, 0.1) is 5.82 Å². The van der Waals surface area contributed by atoms with Crippen molar-refractivity contribution >= 4 is 12.2 Å². The molecule has 0 saturated heterocycles. The lowest BCUT2D eigenvalue weighted by Gasteiger charge is -1.88. The molecule has 0 aliphatic heterocycles. The second-order valence-corrected chi connectivity index (χ2v) is 3.37. The molecule has 0 bridgehead atoms. The van der Waals surface area contributed by atoms with Gasteiger partial charge in [0.15, 0.2) is 0 Å². The molecule has 0 fully saturated rings. The van der Waals surface area contributed by atoms with Gasteiger partial charge in [-0.1, -0.05) is 67.8 Å². The van der Waals surface area contributed by atoms with E-state index in [0.717, 1.165) is 5.56 Å². The lowest BCUT2D eigenvalue weighted by atomic mass is 10.2. The summed E-state index contributed by atoms with van der Waals surface area (Å²) in [6.07, 6.45) is 3.51. The van der Waals surface area contributed by atoms with Crippen molar-refractivity contribution in [1.29, 1.82) is 0 Å². The second-order valence-electron chi connectivity index (χ2n) is 3.37. The molecule has 0 radical (unpaired) electrons. The van der Waals surface area contributed by atoms with Crippen LogP contribution in [0.2, 0.25) is 0 Å². The van der Waals surface area contributed by atoms with Crippen molar-refractivity contribution in [3.8, 4) is 0 Å². The Morgan fingerprint density at radius 1 is 0.706 bits per heavy atom. The van der Waals surface area contributed by atoms with Crippen LogP contribution in [0.25, 0.3) is 12.2 Å². The molecule has 0 aliphatic carbocycles. The summed E-state index contributed by atoms with van der Waals surface area (Å²) in [5, 5.41) is 0. The fourth-order valence-corrected chi connectivity index (χ4v) is 1.19. The fraction of sp³-hybridized carbons (Fsp3) is 0. The Balaban J connectivity index is 0.000000171. The molecule has 2 aromatic carbocycles. The molecular formula is C16H15F. The minimum Gasteiger partial charge on any atom is -0.207 e. The average Bonchev–Trinajstić information content (AvgIpc) is 2.41. The summed E-state index contributed by atoms with van der Waals surface area (Å²) in [6, 6.07) is 16.2. The van der Waals surface area contributed by atoms with Crippen molar-refractivity contribution in [2.75, 3.05) is 0 Å². The first-order valence-corrected chi connectivity index (χ1v) is 5.31. The molecule has 2 aromatic rings. The van der Waals surface area contributed by atoms with E-state index in [0.29, 0.717) is 0 Å². The van der Waals surface area contributed by atoms with E-state index in [9.17, 15) is 4.39 Å². The van der Waals surface area contributed by atoms with Gasteiger partial charge in [-0.05, 0) is 23.3 Å². The SMILES string of the molecule is C=Cc1ccc(F)cc1.C=Cc1ccccc1. The first-order valence-electron chi connectivity index (χ1n) is 5.31. The van der Waals surface area contributed by atoms with Gasteiger partial charge < -0.3 is 0 Å². The van der Waals surface area contributed by atoms with Crippen LogP contribution in [0.15, 0.2) is 67.8 Å². The standard InChI is InChI=1S/C8H7F.C8H8/c1-2-7-3-5-8(9)6-4-7;1-2-8-6-4-3-5-7-8/h2-6H,1H2;2-7H,1H2. The molecule has 0 N–H and O–H groups in total. The highest BCUT2D eigenvalue weighted by Crippen LogP contribution is 2.02. The number of hydrogen-bond acceptors (Lipinski definition) is 0. The lowest BCUT2D eigenvalue weighted by Crippen LogP contribution is -1.72. The van der Waals surface area contributed by atoms with Crippen LogP contribution in [0.1, 0.15) is 11.1 Å². The van der Waals surface area contributed by atoms with E-state index < -0.39 is 0 Å². The van der Waals surface area contributed by atoms with E-state index in [2.05, 4.69) is 13.2 Å². The molecule has 0 unspecified atom stereocenters. The summed E-state index contributed by atoms with van der Waals surface area (Å²) < 4.78 is 12.2. The van der Waals surface area contributed by atoms with Gasteiger partial charge in [0.1, 0.15) is 5.82 Å². The van der Waals surface area contributed by atoms with E-state index in [1.807, 2.05) is 36.4 Å². The molecule has 0 heterocycles. The van der Waals surface area contributed by atoms with E-state index in [1.54, 1.807) is 18.2 Å². The third-order valence-corrected chi connectivity index (χ3v) is 2.14. The number of hydrogen-bond donors (Lipinski definition) is 0. The van der Waals surface area contributed by atoms with Gasteiger partial charge >= 0.3 is 0 Å². The first-order chi connectivity index (χ1) is 8.26. The van der Waals surface area contributed by atoms with Crippen molar-refractivity contribution in [2.24, 2.45) is 0 Å². The Bertz CT molecular complexity index is 455. The van der Waals surface area contributed by atoms with Gasteiger partial charge in [-0.2, -0.15) is 0 Å². The number of benzene rings is 2. The molecule has 86 valence electrons. The smallest absolute Gasteiger partial charge is 0.123 e. The highest BCUT2D eigenvalue weighted by atomic mass is 19.1. The molecular weight excluding hydrogens is 211 g/mol. The minimum atomic E-state index is -0.208. The van der Waals surface area contributed by atoms with Crippen LogP contribution in [0.5, 0.6) is 0 Å². The molecule has 2 rings (SSSR count). The zero-order valence-corrected chi connectivity index (χ0v) is 9.64. The molecule has 0 saturated carbocycles. The van der Waals surface area contributed by atoms with Crippen LogP contribution >= 0.6 is 0 Å². The van der Waals surface area contributed by atoms with Gasteiger partial charge in [0.25, 0.3) is 0 Å². The number of halogens is 1. The third-order valence-electron chi connectivity index (χ3n) is 2.14. The maximum Gasteiger partial charge on any atom is 0.123 e. The zero-order valence-electron chi connectivity index (χ0n) is 9.64. The average molecular weight is 226 g/mol. The Hall–Kier alpha value is -2.15. The predicted octanol–water partition coefficient (Wildman–Crippen LogP) is 4.80. The van der Waals surface area contributed by atoms with Crippen molar-refractivity contribution < 1.29 is 4.39 Å². The van der Waals surface area contributed by atoms with Crippen molar-refractivity contribution in [1.82, 2.24) is 0 Å². The van der Waals surface area contributed by atoms with Gasteiger partial charge in [0.2, 0.25) is 0 Å². The van der Waals surface area contributed by atoms with Gasteiger partial charge in [-0.3, -0.25) is 0 Å². The highest BCUT2D eigenvalue weighted by molar-refractivity contribution is 5.46. The van der Waals surface area contributed by atoms with Gasteiger partial charge in [-0.25, -0.2) is 4.39 Å². The van der Waals surface area contributed by atoms with Gasteiger partial charge in [0, 0.05) is 0 Å². The molecule has 17 heavy (non-hydrogen) atoms. The van der Waals surface area contributed by atoms with Crippen LogP contribution in [-0.2, 0) is 0 Å². The van der Waals surface area contributed by atoms with Crippen LogP contribution in [0.4, 0.5) is 4.39 Å². The first kappa shape index (κ1) is 12.9. The summed E-state index contributed by atoms with van der Waals surface area (Å²) in [6.45, 7) is 7.17. The molecule has 1 heteroatoms. The normalized spacial score (nSPS) is 8.76. The lowest BCUT2D eigenvalue weighted by molar-refractivity contribution is 0.628. The van der Waals surface area contributed by atoms with Crippen LogP contribution in [0.3, 0.4) is 0 Å². The summed E-state index contributed by atoms with van der Waals surface area (Å²) >= 11 is 0. The monoisotopic (exact) mass is 226 g/mol. The summed E-state index contributed by atoms with van der Waals surface area (Å²) in [5.74, 6) is -0.208. The topological polar surface area (TPSA) is 0 Å². The molecule has 0 nitrogen and oxygen atoms in total. The Labute approximate surface area is 102 Å². The van der Waals surface area contributed by atoms with E-state index in [4.69, 9.17) is 0 Å². The molecule has 0 atom stereocenters. The molecule has 0 amide bonds. The van der Waals surface area contributed by atoms with E-state index in [-0.39, 0.29) is 5.82 Å². The molecule has 0 aromatic heterocycles. The van der Waals surface area contributed by atoms with Crippen molar-refractivity contribution in [3.63, 3.8) is 0 Å². The second kappa shape index (κ2) is 7.18. The maximum absolute atomic E-state index is 12.2. The minimum absolute atomic E-state index is 0.208. The molecule has 0 spiro atoms. The zero-order chi connectivity index (χ0) is 12.5. The summed E-state index contributed by atoms with van der Waals surface area (Å²) in [7, 11) is 0. The van der Waals surface area contributed by atoms with Gasteiger partial charge in [0.05, 0.1) is 0 Å². The highest BCUT2D eigenvalue weighted by Gasteiger charge is 1.85. The molecule has 0 aliphatic rings. The van der Waals surface area contributed by atoms with E-state index >= 15 is 0 Å². The van der Waals surface area contributed by atoms with Crippen molar-refractivity contribution in [3.05, 3.63) is 84.7 Å². The number of rotatable bonds is 2. The summed E-state index contributed by atoms with van der Waals surface area (Å²) in [4.78, 5) is 0. The van der Waals surface area contributed by atoms with Crippen LogP contribution in [-0.4, -0.2) is 0 Å². The fourth-order valence-electron chi connectivity index (χ4n) is 1.19. The maximum atomic E-state index is 12.2. The Morgan fingerprint density at radius 2 is 1.18 bits per heavy atom. The third kappa shape index (κ3) is 4.94. The Kier molecular flexibility index (Phi) is 5.45. The van der Waals surface area contributed by atoms with Crippen LogP contribution < -0.4 is 0 Å². The predicted molar refractivity (Wildman–Crippen MR) is 73.0 cm³/mol. The largest absolute Gasteiger partial charge is 0.207 e. The van der Waals surface area contributed by atoms with E-state index in [1.165, 1.54) is 17.7 Å². The summed E-state index contributed by atoms with van der Waals surface area (Å²) in [5.41, 5.74) is 2.11. The quantitative estimate of drug-likeness (QED) is 0.690. The van der Waals surface area contributed by atoms with Gasteiger partial charge in [-0.15, -0.1) is 0 Å². The van der Waals surface area contributed by atoms with Crippen molar-refractivity contribution in [2.45, 2.75) is 0 Å². The Morgan fingerprint density at radius 3 is 1.59 bits per heavy atom.